The number of carboxylic acid groups (broad SMARTS) is 1. The first-order valence-electron chi connectivity index (χ1n) is 3.20. The molecule has 0 aromatic rings. The molecule has 0 aliphatic carbocycles. The normalized spacial score (nSPS) is 19.6. The zero-order chi connectivity index (χ0) is 8.31. The summed E-state index contributed by atoms with van der Waals surface area (Å²) in [6.45, 7) is 3.47. The van der Waals surface area contributed by atoms with Crippen molar-refractivity contribution in [2.75, 3.05) is 0 Å². The smallest absolute Gasteiger partial charge is 0.320 e. The lowest BCUT2D eigenvalue weighted by atomic mass is 9.96. The van der Waals surface area contributed by atoms with Gasteiger partial charge in [0.05, 0.1) is 0 Å². The maximum atomic E-state index is 10.3. The van der Waals surface area contributed by atoms with Crippen LogP contribution in [0.5, 0.6) is 0 Å². The molecular formula is C6H14N2O2. The molecule has 0 spiro atoms. The van der Waals surface area contributed by atoms with E-state index in [1.165, 1.54) is 0 Å². The summed E-state index contributed by atoms with van der Waals surface area (Å²) in [5.74, 6) is -1.18. The van der Waals surface area contributed by atoms with E-state index in [1.807, 2.05) is 0 Å². The molecule has 5 N–H and O–H groups in total. The van der Waals surface area contributed by atoms with Crippen LogP contribution in [-0.4, -0.2) is 23.2 Å². The molecule has 10 heavy (non-hydrogen) atoms. The number of nitrogens with two attached hydrogens (primary N) is 2. The highest BCUT2D eigenvalue weighted by Gasteiger charge is 2.22. The van der Waals surface area contributed by atoms with Gasteiger partial charge in [0.15, 0.2) is 0 Å². The average Bonchev–Trinajstić information content (AvgIpc) is 1.84. The van der Waals surface area contributed by atoms with Gasteiger partial charge in [-0.25, -0.2) is 0 Å². The molecule has 0 aliphatic rings. The van der Waals surface area contributed by atoms with Crippen molar-refractivity contribution in [1.29, 1.82) is 0 Å². The first-order chi connectivity index (χ1) is 4.46. The predicted molar refractivity (Wildman–Crippen MR) is 38.4 cm³/mol. The zero-order valence-electron chi connectivity index (χ0n) is 6.24. The molecule has 0 aliphatic heterocycles. The zero-order valence-corrected chi connectivity index (χ0v) is 6.24. The Morgan fingerprint density at radius 2 is 1.80 bits per heavy atom. The minimum Gasteiger partial charge on any atom is -0.480 e. The van der Waals surface area contributed by atoms with E-state index in [9.17, 15) is 4.79 Å². The number of hydrogen-bond donors (Lipinski definition) is 3. The summed E-state index contributed by atoms with van der Waals surface area (Å²) in [5.41, 5.74) is 10.7. The van der Waals surface area contributed by atoms with Gasteiger partial charge in [0, 0.05) is 6.04 Å². The topological polar surface area (TPSA) is 89.3 Å². The quantitative estimate of drug-likeness (QED) is 0.495. The molecule has 0 aromatic heterocycles. The lowest BCUT2D eigenvalue weighted by Crippen LogP contribution is -2.44. The molecule has 0 amide bonds. The average molecular weight is 146 g/mol. The van der Waals surface area contributed by atoms with Gasteiger partial charge < -0.3 is 16.6 Å². The van der Waals surface area contributed by atoms with Gasteiger partial charge in [-0.1, -0.05) is 6.92 Å². The standard InChI is InChI=1S/C6H14N2O2/c1-3(4(2)7)5(8)6(9)10/h3-5H,7-8H2,1-2H3,(H,9,10). The molecule has 0 rings (SSSR count). The second-order valence-electron chi connectivity index (χ2n) is 2.58. The Morgan fingerprint density at radius 1 is 1.40 bits per heavy atom. The Hall–Kier alpha value is -0.610. The van der Waals surface area contributed by atoms with Gasteiger partial charge in [0.2, 0.25) is 0 Å². The Labute approximate surface area is 60.2 Å². The van der Waals surface area contributed by atoms with Gasteiger partial charge in [0.25, 0.3) is 0 Å². The third-order valence-corrected chi connectivity index (χ3v) is 1.68. The number of aliphatic carboxylic acids is 1. The van der Waals surface area contributed by atoms with Crippen LogP contribution in [-0.2, 0) is 4.79 Å². The van der Waals surface area contributed by atoms with Gasteiger partial charge in [-0.2, -0.15) is 0 Å². The van der Waals surface area contributed by atoms with Crippen molar-refractivity contribution < 1.29 is 9.90 Å². The van der Waals surface area contributed by atoms with E-state index in [1.54, 1.807) is 13.8 Å². The largest absolute Gasteiger partial charge is 0.480 e. The summed E-state index contributed by atoms with van der Waals surface area (Å²) >= 11 is 0. The highest BCUT2D eigenvalue weighted by atomic mass is 16.4. The summed E-state index contributed by atoms with van der Waals surface area (Å²) in [4.78, 5) is 10.3. The molecule has 0 radical (unpaired) electrons. The second-order valence-corrected chi connectivity index (χ2v) is 2.58. The number of rotatable bonds is 3. The SMILES string of the molecule is CC(N)C(C)C(N)C(=O)O. The van der Waals surface area contributed by atoms with E-state index in [0.717, 1.165) is 0 Å². The molecule has 0 heterocycles. The molecule has 4 nitrogen and oxygen atoms in total. The van der Waals surface area contributed by atoms with Crippen LogP contribution in [0.15, 0.2) is 0 Å². The fourth-order valence-electron chi connectivity index (χ4n) is 0.552. The first-order valence-corrected chi connectivity index (χ1v) is 3.20. The Bertz CT molecular complexity index is 125. The van der Waals surface area contributed by atoms with E-state index in [0.29, 0.717) is 0 Å². The summed E-state index contributed by atoms with van der Waals surface area (Å²) in [6, 6.07) is -1.02. The lowest BCUT2D eigenvalue weighted by Gasteiger charge is -2.18. The minimum atomic E-state index is -0.996. The third-order valence-electron chi connectivity index (χ3n) is 1.68. The van der Waals surface area contributed by atoms with Crippen molar-refractivity contribution >= 4 is 5.97 Å². The summed E-state index contributed by atoms with van der Waals surface area (Å²) in [5, 5.41) is 8.42. The predicted octanol–water partition coefficient (Wildman–Crippen LogP) is -0.618. The van der Waals surface area contributed by atoms with Crippen molar-refractivity contribution in [3.8, 4) is 0 Å². The van der Waals surface area contributed by atoms with Crippen LogP contribution in [0.4, 0.5) is 0 Å². The van der Waals surface area contributed by atoms with Crippen molar-refractivity contribution in [2.24, 2.45) is 17.4 Å². The van der Waals surface area contributed by atoms with Crippen LogP contribution in [0.1, 0.15) is 13.8 Å². The number of carbonyl (C=O) groups is 1. The van der Waals surface area contributed by atoms with Crippen LogP contribution in [0, 0.1) is 5.92 Å². The van der Waals surface area contributed by atoms with E-state index in [2.05, 4.69) is 0 Å². The van der Waals surface area contributed by atoms with Crippen LogP contribution in [0.25, 0.3) is 0 Å². The second kappa shape index (κ2) is 3.53. The molecular weight excluding hydrogens is 132 g/mol. The summed E-state index contributed by atoms with van der Waals surface area (Å²) in [7, 11) is 0. The fraction of sp³-hybridized carbons (Fsp3) is 0.833. The molecule has 3 atom stereocenters. The highest BCUT2D eigenvalue weighted by Crippen LogP contribution is 2.03. The molecule has 3 unspecified atom stereocenters. The Balaban J connectivity index is 3.94. The Kier molecular flexibility index (Phi) is 3.32. The van der Waals surface area contributed by atoms with Crippen LogP contribution in [0.2, 0.25) is 0 Å². The van der Waals surface area contributed by atoms with Gasteiger partial charge in [-0.15, -0.1) is 0 Å². The summed E-state index contributed by atoms with van der Waals surface area (Å²) < 4.78 is 0. The van der Waals surface area contributed by atoms with Gasteiger partial charge in [0.1, 0.15) is 6.04 Å². The van der Waals surface area contributed by atoms with Crippen molar-refractivity contribution in [1.82, 2.24) is 0 Å². The van der Waals surface area contributed by atoms with Crippen molar-refractivity contribution in [3.05, 3.63) is 0 Å². The molecule has 0 saturated carbocycles. The minimum absolute atomic E-state index is 0.175. The van der Waals surface area contributed by atoms with Crippen LogP contribution < -0.4 is 11.5 Å². The van der Waals surface area contributed by atoms with E-state index in [4.69, 9.17) is 16.6 Å². The van der Waals surface area contributed by atoms with E-state index < -0.39 is 12.0 Å². The third kappa shape index (κ3) is 2.33. The fourth-order valence-corrected chi connectivity index (χ4v) is 0.552. The maximum absolute atomic E-state index is 10.3. The molecule has 0 aromatic carbocycles. The highest BCUT2D eigenvalue weighted by molar-refractivity contribution is 5.73. The first kappa shape index (κ1) is 9.39. The maximum Gasteiger partial charge on any atom is 0.320 e. The molecule has 0 saturated heterocycles. The summed E-state index contributed by atoms with van der Waals surface area (Å²) in [6.07, 6.45) is 0. The van der Waals surface area contributed by atoms with E-state index >= 15 is 0 Å². The molecule has 0 fully saturated rings. The van der Waals surface area contributed by atoms with Crippen LogP contribution >= 0.6 is 0 Å². The van der Waals surface area contributed by atoms with Gasteiger partial charge in [-0.05, 0) is 12.8 Å². The van der Waals surface area contributed by atoms with Crippen LogP contribution in [0.3, 0.4) is 0 Å². The molecule has 0 bridgehead atoms. The monoisotopic (exact) mass is 146 g/mol. The van der Waals surface area contributed by atoms with Gasteiger partial charge in [-0.3, -0.25) is 4.79 Å². The number of hydrogen-bond acceptors (Lipinski definition) is 3. The Morgan fingerprint density at radius 3 is 1.90 bits per heavy atom. The number of carboxylic acids is 1. The lowest BCUT2D eigenvalue weighted by molar-refractivity contribution is -0.139. The van der Waals surface area contributed by atoms with Crippen molar-refractivity contribution in [3.63, 3.8) is 0 Å². The van der Waals surface area contributed by atoms with E-state index in [-0.39, 0.29) is 12.0 Å². The molecule has 4 heteroatoms. The van der Waals surface area contributed by atoms with Gasteiger partial charge >= 0.3 is 5.97 Å². The van der Waals surface area contributed by atoms with Crippen molar-refractivity contribution in [2.45, 2.75) is 25.9 Å². The molecule has 60 valence electrons.